The molecule has 0 fully saturated rings. The lowest BCUT2D eigenvalue weighted by Crippen LogP contribution is -2.42. The Hall–Kier alpha value is -4.01. The van der Waals surface area contributed by atoms with Crippen molar-refractivity contribution in [1.29, 1.82) is 0 Å². The van der Waals surface area contributed by atoms with Crippen LogP contribution in [0.3, 0.4) is 0 Å². The number of nitrogens with zero attached hydrogens (tertiary/aromatic N) is 2. The molecule has 49 heavy (non-hydrogen) atoms. The zero-order chi connectivity index (χ0) is 35.8. The Morgan fingerprint density at radius 1 is 0.776 bits per heavy atom. The second-order valence-corrected chi connectivity index (χ2v) is 16.6. The quantitative estimate of drug-likeness (QED) is 0.145. The van der Waals surface area contributed by atoms with Gasteiger partial charge in [0, 0.05) is 38.0 Å². The van der Waals surface area contributed by atoms with E-state index in [1.165, 1.54) is 14.1 Å². The highest BCUT2D eigenvalue weighted by Gasteiger charge is 2.36. The molecular formula is C36H38F3N3O5S2. The molecule has 0 amide bonds. The highest BCUT2D eigenvalue weighted by atomic mass is 32.2. The Labute approximate surface area is 285 Å². The van der Waals surface area contributed by atoms with Crippen molar-refractivity contribution < 1.29 is 34.4 Å². The van der Waals surface area contributed by atoms with E-state index in [9.17, 15) is 30.0 Å². The highest BCUT2D eigenvalue weighted by Crippen LogP contribution is 2.34. The van der Waals surface area contributed by atoms with Crippen molar-refractivity contribution >= 4 is 31.0 Å². The van der Waals surface area contributed by atoms with Crippen molar-refractivity contribution in [3.63, 3.8) is 0 Å². The summed E-state index contributed by atoms with van der Waals surface area (Å²) in [6.07, 6.45) is -4.71. The number of fused-ring (bicyclic) bond motifs is 1. The molecule has 0 saturated heterocycles. The van der Waals surface area contributed by atoms with Crippen molar-refractivity contribution in [3.05, 3.63) is 125 Å². The number of hydrogen-bond donors (Lipinski definition) is 1. The number of sulfonamides is 1. The van der Waals surface area contributed by atoms with Crippen LogP contribution in [-0.2, 0) is 44.9 Å². The largest absolute Gasteiger partial charge is 0.455 e. The van der Waals surface area contributed by atoms with Crippen LogP contribution in [0.15, 0.2) is 106 Å². The standard InChI is InChI=1S/C36H38F3N3O5S2/c1-25-13-16-28-9-6-7-12-32(28)34(25)48(43,44)42(23-31-19-20-33(47-31)36(37,38)39)22-26-14-17-27(18-15-26)29-10-8-11-30(21-29)35(2,3)24-40-49(45,46)41(4)5/h6-21,40H,22-24H2,1-5H3. The first-order chi connectivity index (χ1) is 22.9. The molecule has 260 valence electrons. The molecule has 0 aliphatic carbocycles. The average molecular weight is 714 g/mol. The monoisotopic (exact) mass is 713 g/mol. The molecule has 1 N–H and O–H groups in total. The summed E-state index contributed by atoms with van der Waals surface area (Å²) in [6, 6.07) is 27.5. The Balaban J connectivity index is 1.46. The van der Waals surface area contributed by atoms with Crippen LogP contribution in [0.2, 0.25) is 0 Å². The minimum absolute atomic E-state index is 0.0807. The zero-order valence-electron chi connectivity index (χ0n) is 27.7. The molecule has 1 heterocycles. The molecule has 5 aromatic rings. The fraction of sp³-hybridized carbons (Fsp3) is 0.278. The molecule has 0 spiro atoms. The SMILES string of the molecule is Cc1ccc2ccccc2c1S(=O)(=O)N(Cc1ccc(-c2cccc(C(C)(C)CNS(=O)(=O)N(C)C)c2)cc1)Cc1ccc(C(F)(F)F)o1. The molecule has 0 radical (unpaired) electrons. The second kappa shape index (κ2) is 13.7. The third-order valence-corrected chi connectivity index (χ3v) is 11.9. The molecule has 8 nitrogen and oxygen atoms in total. The van der Waals surface area contributed by atoms with Gasteiger partial charge in [-0.1, -0.05) is 98.8 Å². The van der Waals surface area contributed by atoms with Gasteiger partial charge in [-0.05, 0) is 52.3 Å². The van der Waals surface area contributed by atoms with Gasteiger partial charge in [-0.25, -0.2) is 13.1 Å². The van der Waals surface area contributed by atoms with Gasteiger partial charge in [0.25, 0.3) is 10.2 Å². The number of furan rings is 1. The molecule has 0 aliphatic rings. The summed E-state index contributed by atoms with van der Waals surface area (Å²) in [5, 5.41) is 1.23. The lowest BCUT2D eigenvalue weighted by Gasteiger charge is -2.27. The van der Waals surface area contributed by atoms with Crippen LogP contribution in [0.25, 0.3) is 21.9 Å². The Kier molecular flexibility index (Phi) is 10.2. The average Bonchev–Trinajstić information content (AvgIpc) is 3.53. The van der Waals surface area contributed by atoms with Gasteiger partial charge in [-0.15, -0.1) is 0 Å². The lowest BCUT2D eigenvalue weighted by atomic mass is 9.83. The first-order valence-electron chi connectivity index (χ1n) is 15.4. The molecule has 5 rings (SSSR count). The predicted octanol–water partition coefficient (Wildman–Crippen LogP) is 7.49. The summed E-state index contributed by atoms with van der Waals surface area (Å²) in [5.74, 6) is -1.34. The third kappa shape index (κ3) is 8.08. The van der Waals surface area contributed by atoms with E-state index in [1.807, 2.05) is 56.3 Å². The lowest BCUT2D eigenvalue weighted by molar-refractivity contribution is -0.153. The van der Waals surface area contributed by atoms with Crippen LogP contribution < -0.4 is 4.72 Å². The first kappa shape index (κ1) is 36.3. The second-order valence-electron chi connectivity index (χ2n) is 12.7. The van der Waals surface area contributed by atoms with Crippen molar-refractivity contribution in [2.75, 3.05) is 20.6 Å². The van der Waals surface area contributed by atoms with Gasteiger partial charge >= 0.3 is 6.18 Å². The minimum Gasteiger partial charge on any atom is -0.455 e. The van der Waals surface area contributed by atoms with Crippen molar-refractivity contribution in [2.45, 2.75) is 50.3 Å². The van der Waals surface area contributed by atoms with Crippen LogP contribution >= 0.6 is 0 Å². The summed E-state index contributed by atoms with van der Waals surface area (Å²) >= 11 is 0. The minimum atomic E-state index is -4.71. The maximum absolute atomic E-state index is 14.4. The van der Waals surface area contributed by atoms with E-state index in [2.05, 4.69) is 4.72 Å². The van der Waals surface area contributed by atoms with Gasteiger partial charge < -0.3 is 4.42 Å². The number of hydrogen-bond acceptors (Lipinski definition) is 5. The summed E-state index contributed by atoms with van der Waals surface area (Å²) in [5.41, 5.74) is 3.21. The van der Waals surface area contributed by atoms with Crippen molar-refractivity contribution in [3.8, 4) is 11.1 Å². The van der Waals surface area contributed by atoms with Crippen LogP contribution in [0.4, 0.5) is 13.2 Å². The van der Waals surface area contributed by atoms with E-state index in [4.69, 9.17) is 4.42 Å². The molecule has 0 unspecified atom stereocenters. The van der Waals surface area contributed by atoms with Gasteiger partial charge in [-0.2, -0.15) is 30.2 Å². The van der Waals surface area contributed by atoms with Crippen LogP contribution in [0, 0.1) is 6.92 Å². The van der Waals surface area contributed by atoms with E-state index in [0.29, 0.717) is 21.9 Å². The van der Waals surface area contributed by atoms with Crippen molar-refractivity contribution in [1.82, 2.24) is 13.3 Å². The number of nitrogens with one attached hydrogen (secondary N) is 1. The normalized spacial score (nSPS) is 13.1. The van der Waals surface area contributed by atoms with E-state index in [-0.39, 0.29) is 23.7 Å². The Morgan fingerprint density at radius 3 is 2.12 bits per heavy atom. The van der Waals surface area contributed by atoms with Gasteiger partial charge in [0.2, 0.25) is 15.8 Å². The van der Waals surface area contributed by atoms with E-state index < -0.39 is 44.1 Å². The molecule has 0 bridgehead atoms. The third-order valence-electron chi connectivity index (χ3n) is 8.42. The molecule has 0 atom stereocenters. The molecule has 1 aromatic heterocycles. The van der Waals surface area contributed by atoms with Crippen LogP contribution in [0.5, 0.6) is 0 Å². The molecule has 0 aliphatic heterocycles. The highest BCUT2D eigenvalue weighted by molar-refractivity contribution is 7.89. The maximum atomic E-state index is 14.4. The molecule has 13 heteroatoms. The Morgan fingerprint density at radius 2 is 1.47 bits per heavy atom. The summed E-state index contributed by atoms with van der Waals surface area (Å²) in [7, 11) is -4.93. The van der Waals surface area contributed by atoms with Crippen molar-refractivity contribution in [2.24, 2.45) is 0 Å². The number of benzene rings is 4. The number of rotatable bonds is 12. The Bertz CT molecular complexity index is 2180. The fourth-order valence-electron chi connectivity index (χ4n) is 5.47. The molecule has 0 saturated carbocycles. The van der Waals surface area contributed by atoms with E-state index >= 15 is 0 Å². The van der Waals surface area contributed by atoms with Gasteiger partial charge in [-0.3, -0.25) is 0 Å². The number of alkyl halides is 3. The van der Waals surface area contributed by atoms with E-state index in [0.717, 1.165) is 37.4 Å². The van der Waals surface area contributed by atoms with Gasteiger partial charge in [0.05, 0.1) is 11.4 Å². The topological polar surface area (TPSA) is 99.9 Å². The molecule has 4 aromatic carbocycles. The predicted molar refractivity (Wildman–Crippen MR) is 184 cm³/mol. The first-order valence-corrected chi connectivity index (χ1v) is 18.3. The van der Waals surface area contributed by atoms with Gasteiger partial charge in [0.1, 0.15) is 5.76 Å². The van der Waals surface area contributed by atoms with Crippen LogP contribution in [-0.4, -0.2) is 46.1 Å². The van der Waals surface area contributed by atoms with Crippen LogP contribution in [0.1, 0.15) is 42.1 Å². The summed E-state index contributed by atoms with van der Waals surface area (Å²) < 4.78 is 103. The maximum Gasteiger partial charge on any atom is 0.449 e. The summed E-state index contributed by atoms with van der Waals surface area (Å²) in [4.78, 5) is 0.0807. The van der Waals surface area contributed by atoms with E-state index in [1.54, 1.807) is 49.4 Å². The zero-order valence-corrected chi connectivity index (χ0v) is 29.4. The molecular weight excluding hydrogens is 676 g/mol. The number of halogens is 3. The number of aryl methyl sites for hydroxylation is 1. The van der Waals surface area contributed by atoms with Gasteiger partial charge in [0.15, 0.2) is 0 Å². The fourth-order valence-corrected chi connectivity index (χ4v) is 8.08. The smallest absolute Gasteiger partial charge is 0.449 e. The summed E-state index contributed by atoms with van der Waals surface area (Å²) in [6.45, 7) is 5.20.